The van der Waals surface area contributed by atoms with Crippen molar-refractivity contribution in [3.05, 3.63) is 65.7 Å². The third kappa shape index (κ3) is 4.27. The van der Waals surface area contributed by atoms with Gasteiger partial charge in [0.1, 0.15) is 0 Å². The van der Waals surface area contributed by atoms with Crippen LogP contribution in [0.25, 0.3) is 0 Å². The van der Waals surface area contributed by atoms with E-state index in [4.69, 9.17) is 0 Å². The van der Waals surface area contributed by atoms with Gasteiger partial charge in [0.25, 0.3) is 0 Å². The molecule has 3 rings (SSSR count). The minimum Gasteiger partial charge on any atom is -0.312 e. The third-order valence-electron chi connectivity index (χ3n) is 4.43. The molecule has 25 heavy (non-hydrogen) atoms. The van der Waals surface area contributed by atoms with E-state index in [1.54, 1.807) is 4.90 Å². The second-order valence-corrected chi connectivity index (χ2v) is 8.24. The van der Waals surface area contributed by atoms with Gasteiger partial charge >= 0.3 is 0 Å². The van der Waals surface area contributed by atoms with E-state index >= 15 is 0 Å². The van der Waals surface area contributed by atoms with Crippen LogP contribution in [0.3, 0.4) is 0 Å². The molecule has 0 atom stereocenters. The van der Waals surface area contributed by atoms with Crippen LogP contribution in [-0.4, -0.2) is 38.0 Å². The van der Waals surface area contributed by atoms with Gasteiger partial charge in [-0.1, -0.05) is 48.5 Å². The van der Waals surface area contributed by atoms with Gasteiger partial charge in [-0.2, -0.15) is 4.31 Å². The predicted molar refractivity (Wildman–Crippen MR) is 98.8 cm³/mol. The van der Waals surface area contributed by atoms with Crippen molar-refractivity contribution in [2.24, 2.45) is 0 Å². The molecule has 2 aromatic carbocycles. The van der Waals surface area contributed by atoms with Crippen LogP contribution in [0.4, 0.5) is 5.69 Å². The molecular weight excluding hydrogens is 336 g/mol. The number of amides is 1. The molecule has 1 aliphatic rings. The van der Waals surface area contributed by atoms with Crippen LogP contribution in [0, 0.1) is 0 Å². The van der Waals surface area contributed by atoms with Crippen LogP contribution in [0.15, 0.2) is 54.6 Å². The first-order valence-electron chi connectivity index (χ1n) is 8.32. The Morgan fingerprint density at radius 1 is 1.08 bits per heavy atom. The predicted octanol–water partition coefficient (Wildman–Crippen LogP) is 2.43. The maximum Gasteiger partial charge on any atom is 0.228 e. The number of para-hydroxylation sites is 1. The fourth-order valence-corrected chi connectivity index (χ4v) is 3.91. The number of benzene rings is 2. The molecule has 0 spiro atoms. The third-order valence-corrected chi connectivity index (χ3v) is 5.68. The Morgan fingerprint density at radius 3 is 2.48 bits per heavy atom. The lowest BCUT2D eigenvalue weighted by atomic mass is 10.2. The zero-order valence-electron chi connectivity index (χ0n) is 14.3. The number of anilines is 1. The highest BCUT2D eigenvalue weighted by Gasteiger charge is 2.25. The minimum atomic E-state index is -3.38. The molecule has 1 aliphatic heterocycles. The van der Waals surface area contributed by atoms with Crippen molar-refractivity contribution in [1.82, 2.24) is 4.31 Å². The highest BCUT2D eigenvalue weighted by Crippen LogP contribution is 2.28. The van der Waals surface area contributed by atoms with E-state index < -0.39 is 10.0 Å². The summed E-state index contributed by atoms with van der Waals surface area (Å²) >= 11 is 0. The Bertz CT molecular complexity index is 850. The topological polar surface area (TPSA) is 57.7 Å². The van der Waals surface area contributed by atoms with Gasteiger partial charge in [0.2, 0.25) is 15.9 Å². The molecule has 6 heteroatoms. The van der Waals surface area contributed by atoms with Gasteiger partial charge in [0, 0.05) is 31.7 Å². The summed E-state index contributed by atoms with van der Waals surface area (Å²) in [5.74, 6) is -0.0355. The van der Waals surface area contributed by atoms with Crippen molar-refractivity contribution in [2.45, 2.75) is 19.4 Å². The van der Waals surface area contributed by atoms with Crippen LogP contribution >= 0.6 is 0 Å². The summed E-state index contributed by atoms with van der Waals surface area (Å²) in [6.07, 6.45) is 2.21. The molecule has 2 aromatic rings. The number of hydrogen-bond acceptors (Lipinski definition) is 3. The monoisotopic (exact) mass is 358 g/mol. The zero-order valence-corrected chi connectivity index (χ0v) is 15.1. The molecule has 132 valence electrons. The van der Waals surface area contributed by atoms with Gasteiger partial charge in [-0.3, -0.25) is 4.79 Å². The first-order valence-corrected chi connectivity index (χ1v) is 10.2. The van der Waals surface area contributed by atoms with Gasteiger partial charge in [-0.25, -0.2) is 8.42 Å². The maximum absolute atomic E-state index is 12.6. The van der Waals surface area contributed by atoms with Crippen LogP contribution in [0.5, 0.6) is 0 Å². The SMILES string of the molecule is CS(=O)(=O)N(CCC(=O)N1CCc2ccccc21)Cc1ccccc1. The number of sulfonamides is 1. The van der Waals surface area contributed by atoms with E-state index in [0.717, 1.165) is 17.7 Å². The largest absolute Gasteiger partial charge is 0.312 e. The smallest absolute Gasteiger partial charge is 0.228 e. The van der Waals surface area contributed by atoms with E-state index in [1.807, 2.05) is 54.6 Å². The molecule has 0 N–H and O–H groups in total. The standard InChI is InChI=1S/C19H22N2O3S/c1-25(23,24)20(15-16-7-3-2-4-8-16)13-12-19(22)21-14-11-17-9-5-6-10-18(17)21/h2-10H,11-15H2,1H3. The fourth-order valence-electron chi connectivity index (χ4n) is 3.10. The number of rotatable bonds is 6. The van der Waals surface area contributed by atoms with Crippen molar-refractivity contribution >= 4 is 21.6 Å². The van der Waals surface area contributed by atoms with E-state index in [1.165, 1.54) is 16.1 Å². The zero-order chi connectivity index (χ0) is 17.9. The second kappa shape index (κ2) is 7.37. The van der Waals surface area contributed by atoms with Gasteiger partial charge in [-0.15, -0.1) is 0 Å². The summed E-state index contributed by atoms with van der Waals surface area (Å²) < 4.78 is 25.5. The average molecular weight is 358 g/mol. The number of carbonyl (C=O) groups excluding carboxylic acids is 1. The molecule has 0 unspecified atom stereocenters. The van der Waals surface area contributed by atoms with Crippen LogP contribution in [0.1, 0.15) is 17.5 Å². The van der Waals surface area contributed by atoms with Gasteiger partial charge in [0.15, 0.2) is 0 Å². The number of fused-ring (bicyclic) bond motifs is 1. The van der Waals surface area contributed by atoms with E-state index in [2.05, 4.69) is 0 Å². The Balaban J connectivity index is 1.66. The lowest BCUT2D eigenvalue weighted by Gasteiger charge is -2.22. The van der Waals surface area contributed by atoms with Gasteiger partial charge in [0.05, 0.1) is 6.26 Å². The minimum absolute atomic E-state index is 0.0355. The molecular formula is C19H22N2O3S. The first kappa shape index (κ1) is 17.6. The highest BCUT2D eigenvalue weighted by atomic mass is 32.2. The lowest BCUT2D eigenvalue weighted by Crippen LogP contribution is -2.35. The number of carbonyl (C=O) groups is 1. The first-order chi connectivity index (χ1) is 11.9. The van der Waals surface area contributed by atoms with Crippen molar-refractivity contribution < 1.29 is 13.2 Å². The normalized spacial score (nSPS) is 13.9. The van der Waals surface area contributed by atoms with Gasteiger partial charge in [-0.05, 0) is 23.6 Å². The molecule has 5 nitrogen and oxygen atoms in total. The van der Waals surface area contributed by atoms with Crippen molar-refractivity contribution in [3.8, 4) is 0 Å². The summed E-state index contributed by atoms with van der Waals surface area (Å²) in [6, 6.07) is 17.3. The van der Waals surface area contributed by atoms with Crippen LogP contribution < -0.4 is 4.90 Å². The van der Waals surface area contributed by atoms with E-state index in [0.29, 0.717) is 6.54 Å². The summed E-state index contributed by atoms with van der Waals surface area (Å²) in [6.45, 7) is 1.13. The van der Waals surface area contributed by atoms with Crippen molar-refractivity contribution in [2.75, 3.05) is 24.2 Å². The van der Waals surface area contributed by atoms with Crippen LogP contribution in [-0.2, 0) is 27.8 Å². The Morgan fingerprint density at radius 2 is 1.76 bits per heavy atom. The molecule has 1 amide bonds. The quantitative estimate of drug-likeness (QED) is 0.797. The molecule has 0 saturated heterocycles. The molecule has 0 aliphatic carbocycles. The molecule has 0 saturated carbocycles. The molecule has 1 heterocycles. The Labute approximate surface area is 148 Å². The highest BCUT2D eigenvalue weighted by molar-refractivity contribution is 7.88. The summed E-state index contributed by atoms with van der Waals surface area (Å²) in [5.41, 5.74) is 3.02. The van der Waals surface area contributed by atoms with E-state index in [9.17, 15) is 13.2 Å². The van der Waals surface area contributed by atoms with E-state index in [-0.39, 0.29) is 25.4 Å². The number of hydrogen-bond donors (Lipinski definition) is 0. The molecule has 0 radical (unpaired) electrons. The molecule has 0 fully saturated rings. The van der Waals surface area contributed by atoms with Crippen molar-refractivity contribution in [1.29, 1.82) is 0 Å². The summed E-state index contributed by atoms with van der Waals surface area (Å²) in [7, 11) is -3.38. The molecule has 0 bridgehead atoms. The fraction of sp³-hybridized carbons (Fsp3) is 0.316. The maximum atomic E-state index is 12.6. The van der Waals surface area contributed by atoms with Gasteiger partial charge < -0.3 is 4.90 Å². The summed E-state index contributed by atoms with van der Waals surface area (Å²) in [5, 5.41) is 0. The number of nitrogens with zero attached hydrogens (tertiary/aromatic N) is 2. The van der Waals surface area contributed by atoms with Crippen LogP contribution in [0.2, 0.25) is 0 Å². The Kier molecular flexibility index (Phi) is 5.20. The molecule has 0 aromatic heterocycles. The lowest BCUT2D eigenvalue weighted by molar-refractivity contribution is -0.118. The Hall–Kier alpha value is -2.18. The summed E-state index contributed by atoms with van der Waals surface area (Å²) in [4.78, 5) is 14.4. The van der Waals surface area contributed by atoms with Crippen molar-refractivity contribution in [3.63, 3.8) is 0 Å². The second-order valence-electron chi connectivity index (χ2n) is 6.26. The average Bonchev–Trinajstić information content (AvgIpc) is 3.02.